The van der Waals surface area contributed by atoms with Crippen LogP contribution in [0, 0.1) is 17.4 Å². The Morgan fingerprint density at radius 3 is 2.84 bits per heavy atom. The van der Waals surface area contributed by atoms with E-state index in [9.17, 15) is 0 Å². The summed E-state index contributed by atoms with van der Waals surface area (Å²) in [4.78, 5) is 11.1. The van der Waals surface area contributed by atoms with Crippen LogP contribution < -0.4 is 5.43 Å². The third-order valence-corrected chi connectivity index (χ3v) is 4.18. The molecular formula is C19H20N6. The van der Waals surface area contributed by atoms with E-state index in [1.807, 2.05) is 48.5 Å². The van der Waals surface area contributed by atoms with Crippen molar-refractivity contribution >= 4 is 12.6 Å². The average Bonchev–Trinajstić information content (AvgIpc) is 3.14. The number of aromatic nitrogens is 1. The topological polar surface area (TPSA) is 76.7 Å². The quantitative estimate of drug-likeness (QED) is 0.395. The fourth-order valence-corrected chi connectivity index (χ4v) is 2.88. The largest absolute Gasteiger partial charge is 0.310 e. The molecule has 0 spiro atoms. The average molecular weight is 332 g/mol. The highest BCUT2D eigenvalue weighted by atomic mass is 15.3. The van der Waals surface area contributed by atoms with E-state index >= 15 is 0 Å². The molecule has 1 aliphatic rings. The number of amidine groups is 1. The Balaban J connectivity index is 1.80. The van der Waals surface area contributed by atoms with Crippen molar-refractivity contribution in [1.82, 2.24) is 15.3 Å². The molecule has 1 aliphatic heterocycles. The molecule has 0 saturated carbocycles. The molecule has 1 fully saturated rings. The smallest absolute Gasteiger partial charge is 0.179 e. The van der Waals surface area contributed by atoms with E-state index in [1.165, 1.54) is 0 Å². The number of nitriles is 1. The molecule has 1 aromatic carbocycles. The Hall–Kier alpha value is -3.20. The first-order valence-corrected chi connectivity index (χ1v) is 8.24. The minimum Gasteiger partial charge on any atom is -0.310 e. The van der Waals surface area contributed by atoms with Crippen molar-refractivity contribution in [2.24, 2.45) is 16.0 Å². The van der Waals surface area contributed by atoms with E-state index in [2.05, 4.69) is 28.4 Å². The molecule has 3 rings (SSSR count). The van der Waals surface area contributed by atoms with Gasteiger partial charge in [0.15, 0.2) is 12.0 Å². The van der Waals surface area contributed by atoms with E-state index in [0.717, 1.165) is 36.5 Å². The maximum Gasteiger partial charge on any atom is 0.179 e. The molecule has 1 N–H and O–H groups in total. The third-order valence-electron chi connectivity index (χ3n) is 4.18. The molecule has 0 radical (unpaired) electrons. The zero-order valence-corrected chi connectivity index (χ0v) is 14.0. The van der Waals surface area contributed by atoms with Gasteiger partial charge in [0.25, 0.3) is 0 Å². The molecular weight excluding hydrogens is 312 g/mol. The lowest BCUT2D eigenvalue weighted by molar-refractivity contribution is 0.457. The van der Waals surface area contributed by atoms with E-state index in [1.54, 1.807) is 4.90 Å². The predicted molar refractivity (Wildman–Crippen MR) is 99.1 cm³/mol. The zero-order chi connectivity index (χ0) is 17.5. The second-order valence-corrected chi connectivity index (χ2v) is 5.93. The fraction of sp³-hybridized carbons (Fsp3) is 0.263. The van der Waals surface area contributed by atoms with Crippen LogP contribution in [0.4, 0.5) is 0 Å². The van der Waals surface area contributed by atoms with Gasteiger partial charge in [-0.1, -0.05) is 36.4 Å². The first-order chi connectivity index (χ1) is 12.3. The summed E-state index contributed by atoms with van der Waals surface area (Å²) < 4.78 is 0. The molecule has 1 aromatic heterocycles. The van der Waals surface area contributed by atoms with Gasteiger partial charge in [0.05, 0.1) is 5.69 Å². The van der Waals surface area contributed by atoms with Gasteiger partial charge in [-0.2, -0.15) is 10.4 Å². The van der Waals surface area contributed by atoms with Gasteiger partial charge < -0.3 is 4.90 Å². The highest BCUT2D eigenvalue weighted by Crippen LogP contribution is 2.18. The van der Waals surface area contributed by atoms with Crippen molar-refractivity contribution in [2.75, 3.05) is 19.6 Å². The molecule has 25 heavy (non-hydrogen) atoms. The molecule has 2 heterocycles. The third kappa shape index (κ3) is 4.21. The Morgan fingerprint density at radius 2 is 2.12 bits per heavy atom. The summed E-state index contributed by atoms with van der Waals surface area (Å²) >= 11 is 0. The van der Waals surface area contributed by atoms with Crippen LogP contribution in [0.15, 0.2) is 58.6 Å². The van der Waals surface area contributed by atoms with E-state index < -0.39 is 0 Å². The lowest BCUT2D eigenvalue weighted by atomic mass is 10.1. The number of hydrogen-bond acceptors (Lipinski definition) is 5. The highest BCUT2D eigenvalue weighted by molar-refractivity contribution is 5.97. The number of likely N-dealkylation sites (tertiary alicyclic amines) is 1. The van der Waals surface area contributed by atoms with Crippen molar-refractivity contribution in [3.05, 3.63) is 54.2 Å². The SMILES string of the molecule is C=NNC(=NCC1CCN(C#N)C1)c1cccc(-c2ccccc2)n1. The van der Waals surface area contributed by atoms with Crippen molar-refractivity contribution in [3.63, 3.8) is 0 Å². The summed E-state index contributed by atoms with van der Waals surface area (Å²) in [5.74, 6) is 0.974. The Morgan fingerprint density at radius 1 is 1.28 bits per heavy atom. The van der Waals surface area contributed by atoms with Crippen LogP contribution in [0.1, 0.15) is 12.1 Å². The van der Waals surface area contributed by atoms with Crippen molar-refractivity contribution in [1.29, 1.82) is 5.26 Å². The van der Waals surface area contributed by atoms with Gasteiger partial charge in [0.1, 0.15) is 5.69 Å². The summed E-state index contributed by atoms with van der Waals surface area (Å²) in [6, 6.07) is 15.8. The maximum atomic E-state index is 8.96. The molecule has 1 atom stereocenters. The molecule has 0 bridgehead atoms. The van der Waals surface area contributed by atoms with Gasteiger partial charge in [-0.05, 0) is 24.5 Å². The van der Waals surface area contributed by atoms with Crippen LogP contribution in [0.5, 0.6) is 0 Å². The molecule has 1 unspecified atom stereocenters. The van der Waals surface area contributed by atoms with Gasteiger partial charge in [-0.15, -0.1) is 0 Å². The molecule has 6 nitrogen and oxygen atoms in total. The van der Waals surface area contributed by atoms with Crippen LogP contribution in [0.2, 0.25) is 0 Å². The lowest BCUT2D eigenvalue weighted by Gasteiger charge is -2.10. The summed E-state index contributed by atoms with van der Waals surface area (Å²) in [5.41, 5.74) is 5.51. The van der Waals surface area contributed by atoms with Crippen molar-refractivity contribution in [3.8, 4) is 17.5 Å². The monoisotopic (exact) mass is 332 g/mol. The van der Waals surface area contributed by atoms with Crippen LogP contribution in [-0.4, -0.2) is 42.1 Å². The lowest BCUT2D eigenvalue weighted by Crippen LogP contribution is -2.22. The second-order valence-electron chi connectivity index (χ2n) is 5.93. The van der Waals surface area contributed by atoms with Crippen molar-refractivity contribution in [2.45, 2.75) is 6.42 Å². The number of aliphatic imine (C=N–C) groups is 1. The summed E-state index contributed by atoms with van der Waals surface area (Å²) in [6.07, 6.45) is 3.17. The van der Waals surface area contributed by atoms with Crippen LogP contribution in [-0.2, 0) is 0 Å². The van der Waals surface area contributed by atoms with E-state index in [0.29, 0.717) is 18.3 Å². The molecule has 0 aliphatic carbocycles. The van der Waals surface area contributed by atoms with Gasteiger partial charge in [-0.25, -0.2) is 4.98 Å². The first-order valence-electron chi connectivity index (χ1n) is 8.24. The maximum absolute atomic E-state index is 8.96. The van der Waals surface area contributed by atoms with Crippen molar-refractivity contribution < 1.29 is 0 Å². The molecule has 1 saturated heterocycles. The van der Waals surface area contributed by atoms with E-state index in [4.69, 9.17) is 10.2 Å². The van der Waals surface area contributed by atoms with Gasteiger partial charge in [0, 0.05) is 31.9 Å². The number of nitrogens with one attached hydrogen (secondary N) is 1. The normalized spacial score (nSPS) is 17.2. The van der Waals surface area contributed by atoms with Gasteiger partial charge >= 0.3 is 0 Å². The van der Waals surface area contributed by atoms with E-state index in [-0.39, 0.29) is 0 Å². The summed E-state index contributed by atoms with van der Waals surface area (Å²) in [6.45, 7) is 5.69. The Kier molecular flexibility index (Phi) is 5.37. The van der Waals surface area contributed by atoms with Crippen LogP contribution >= 0.6 is 0 Å². The molecule has 2 aromatic rings. The minimum absolute atomic E-state index is 0.374. The molecule has 0 amide bonds. The zero-order valence-electron chi connectivity index (χ0n) is 14.0. The Bertz CT molecular complexity index is 793. The van der Waals surface area contributed by atoms with Gasteiger partial charge in [-0.3, -0.25) is 10.4 Å². The number of nitrogens with zero attached hydrogens (tertiary/aromatic N) is 5. The molecule has 126 valence electrons. The number of benzene rings is 1. The number of hydrazone groups is 1. The van der Waals surface area contributed by atoms with Crippen LogP contribution in [0.3, 0.4) is 0 Å². The molecule has 6 heteroatoms. The summed E-state index contributed by atoms with van der Waals surface area (Å²) in [5, 5.41) is 12.7. The number of hydrogen-bond donors (Lipinski definition) is 1. The van der Waals surface area contributed by atoms with Crippen LogP contribution in [0.25, 0.3) is 11.3 Å². The predicted octanol–water partition coefficient (Wildman–Crippen LogP) is 2.50. The highest BCUT2D eigenvalue weighted by Gasteiger charge is 2.21. The first kappa shape index (κ1) is 16.7. The second kappa shape index (κ2) is 8.06. The summed E-state index contributed by atoms with van der Waals surface area (Å²) in [7, 11) is 0. The number of rotatable bonds is 5. The van der Waals surface area contributed by atoms with Gasteiger partial charge in [0.2, 0.25) is 0 Å². The minimum atomic E-state index is 0.374. The number of pyridine rings is 1. The standard InChI is InChI=1S/C19H20N6/c1-21-24-19(22-12-15-10-11-25(13-15)14-20)18-9-5-8-17(23-18)16-6-3-2-4-7-16/h2-9,15H,1,10-13H2,(H,22,24). The fourth-order valence-electron chi connectivity index (χ4n) is 2.88. The Labute approximate surface area is 147 Å².